The zero-order valence-electron chi connectivity index (χ0n) is 17.3. The third-order valence-electron chi connectivity index (χ3n) is 5.56. The maximum absolute atomic E-state index is 13.0. The number of piperidine rings is 1. The van der Waals surface area contributed by atoms with E-state index < -0.39 is 0 Å². The molecule has 3 heterocycles. The average Bonchev–Trinajstić information content (AvgIpc) is 3.36. The lowest BCUT2D eigenvalue weighted by Gasteiger charge is -2.44. The number of likely N-dealkylation sites (tertiary alicyclic amines) is 1. The second-order valence-electron chi connectivity index (χ2n) is 7.19. The minimum absolute atomic E-state index is 0.0203. The molecule has 154 valence electrons. The highest BCUT2D eigenvalue weighted by molar-refractivity contribution is 14.2. The zero-order valence-corrected chi connectivity index (χ0v) is 21.0. The van der Waals surface area contributed by atoms with Crippen molar-refractivity contribution in [3.8, 4) is 10.6 Å². The molecule has 2 aliphatic rings. The van der Waals surface area contributed by atoms with Gasteiger partial charge in [-0.2, -0.15) is 5.10 Å². The first-order valence-corrected chi connectivity index (χ1v) is 15.4. The van der Waals surface area contributed by atoms with Crippen molar-refractivity contribution in [2.75, 3.05) is 12.3 Å². The Morgan fingerprint density at radius 1 is 1.39 bits per heavy atom. The number of rotatable bonds is 4. The largest absolute Gasteiger partial charge is 0.335 e. The monoisotopic (exact) mass is 550 g/mol. The predicted molar refractivity (Wildman–Crippen MR) is 132 cm³/mol. The fourth-order valence-electron chi connectivity index (χ4n) is 4.28. The van der Waals surface area contributed by atoms with Crippen molar-refractivity contribution in [3.63, 3.8) is 0 Å². The van der Waals surface area contributed by atoms with Crippen molar-refractivity contribution >= 4 is 57.2 Å². The molecule has 28 heavy (non-hydrogen) atoms. The van der Waals surface area contributed by atoms with E-state index in [0.29, 0.717) is 6.04 Å². The van der Waals surface area contributed by atoms with Gasteiger partial charge in [0.25, 0.3) is 5.91 Å². The lowest BCUT2D eigenvalue weighted by molar-refractivity contribution is 0.0391. The van der Waals surface area contributed by atoms with E-state index in [0.717, 1.165) is 35.0 Å². The molecule has 0 spiro atoms. The third kappa shape index (κ3) is 5.49. The number of halogens is 1. The second kappa shape index (κ2) is 11.3. The molecule has 8 heteroatoms. The summed E-state index contributed by atoms with van der Waals surface area (Å²) in [7, 11) is 5.10. The van der Waals surface area contributed by atoms with Crippen LogP contribution < -0.4 is 0 Å². The van der Waals surface area contributed by atoms with E-state index in [-0.39, 0.29) is 11.6 Å². The van der Waals surface area contributed by atoms with Crippen LogP contribution in [-0.4, -0.2) is 38.9 Å². The highest BCUT2D eigenvalue weighted by Crippen LogP contribution is 2.36. The fourth-order valence-corrected chi connectivity index (χ4v) is 7.38. The number of hydrogen-bond acceptors (Lipinski definition) is 5. The number of carbonyl (C=O) groups is 1. The summed E-state index contributed by atoms with van der Waals surface area (Å²) in [5.41, 5.74) is 1.94. The Morgan fingerprint density at radius 2 is 2.18 bits per heavy atom. The highest BCUT2D eigenvalue weighted by atomic mass is 127. The molecule has 1 saturated heterocycles. The second-order valence-corrected chi connectivity index (χ2v) is 13.1. The molecule has 1 saturated carbocycles. The van der Waals surface area contributed by atoms with Crippen molar-refractivity contribution in [2.24, 2.45) is 13.0 Å². The summed E-state index contributed by atoms with van der Waals surface area (Å²) in [4.78, 5) is 16.3. The molecule has 4 rings (SSSR count). The average molecular weight is 551 g/mol. The Hall–Kier alpha value is -0.190. The minimum Gasteiger partial charge on any atom is -0.335 e. The molecule has 0 bridgehead atoms. The summed E-state index contributed by atoms with van der Waals surface area (Å²) in [5.74, 6) is 0.961. The fraction of sp³-hybridized carbons (Fsp3) is 0.600. The van der Waals surface area contributed by atoms with Gasteiger partial charge in [0, 0.05) is 59.5 Å². The molecule has 2 aromatic heterocycles. The van der Waals surface area contributed by atoms with Gasteiger partial charge >= 0.3 is 0 Å². The number of aryl methyl sites for hydroxylation is 1. The number of carbonyl (C=O) groups excluding carboxylic acids is 1. The lowest BCUT2D eigenvalue weighted by Crippen LogP contribution is -2.49. The maximum atomic E-state index is 13.0. The zero-order chi connectivity index (χ0) is 20.8. The van der Waals surface area contributed by atoms with Gasteiger partial charge in [-0.15, -0.1) is 11.3 Å². The van der Waals surface area contributed by atoms with Gasteiger partial charge in [0.1, 0.15) is 0 Å². The molecule has 0 N–H and O–H groups in total. The molecule has 3 atom stereocenters. The van der Waals surface area contributed by atoms with Crippen LogP contribution in [-0.2, 0) is 7.05 Å². The Balaban J connectivity index is 0.000000353. The Morgan fingerprint density at radius 3 is 2.86 bits per heavy atom. The predicted octanol–water partition coefficient (Wildman–Crippen LogP) is 6.68. The van der Waals surface area contributed by atoms with Crippen molar-refractivity contribution in [1.82, 2.24) is 14.7 Å². The Kier molecular flexibility index (Phi) is 8.48. The van der Waals surface area contributed by atoms with Gasteiger partial charge in [0.2, 0.25) is 0 Å². The van der Waals surface area contributed by atoms with E-state index in [1.165, 1.54) is 32.1 Å². The first-order valence-electron chi connectivity index (χ1n) is 10.3. The molecule has 1 aliphatic carbocycles. The van der Waals surface area contributed by atoms with E-state index in [9.17, 15) is 4.79 Å². The smallest absolute Gasteiger partial charge is 0.254 e. The highest BCUT2D eigenvalue weighted by Gasteiger charge is 2.36. The van der Waals surface area contributed by atoms with Crippen LogP contribution in [0.15, 0.2) is 23.7 Å². The number of nitrogens with zero attached hydrogens (tertiary/aromatic N) is 3. The van der Waals surface area contributed by atoms with Gasteiger partial charge < -0.3 is 4.90 Å². The SMILES string of the molecule is Cn1nccc1-c1cc(C(=O)N2CCCC3CCCCC32)cs1.[2H]C(C)SSI. The van der Waals surface area contributed by atoms with Gasteiger partial charge in [0.15, 0.2) is 0 Å². The summed E-state index contributed by atoms with van der Waals surface area (Å²) in [6.45, 7) is 2.78. The van der Waals surface area contributed by atoms with Gasteiger partial charge in [-0.1, -0.05) is 30.6 Å². The molecule has 2 aromatic rings. The molecule has 1 amide bonds. The quantitative estimate of drug-likeness (QED) is 0.315. The van der Waals surface area contributed by atoms with Gasteiger partial charge in [0.05, 0.1) is 16.1 Å². The Labute approximate surface area is 193 Å². The van der Waals surface area contributed by atoms with Crippen LogP contribution >= 0.6 is 51.3 Å². The lowest BCUT2D eigenvalue weighted by atomic mass is 9.78. The van der Waals surface area contributed by atoms with Gasteiger partial charge in [-0.3, -0.25) is 9.48 Å². The normalized spacial score (nSPS) is 23.2. The molecule has 3 unspecified atom stereocenters. The van der Waals surface area contributed by atoms with Crippen LogP contribution in [0.5, 0.6) is 0 Å². The Bertz CT molecular complexity index is 796. The van der Waals surface area contributed by atoms with E-state index in [2.05, 4.69) is 31.2 Å². The van der Waals surface area contributed by atoms with E-state index in [4.69, 9.17) is 1.37 Å². The molecular formula is C20H28IN3OS3. The van der Waals surface area contributed by atoms with Crippen molar-refractivity contribution in [1.29, 1.82) is 0 Å². The number of aromatic nitrogens is 2. The van der Waals surface area contributed by atoms with Crippen molar-refractivity contribution in [2.45, 2.75) is 51.5 Å². The summed E-state index contributed by atoms with van der Waals surface area (Å²) in [6.07, 6.45) is 9.37. The first kappa shape index (κ1) is 21.1. The summed E-state index contributed by atoms with van der Waals surface area (Å²) < 4.78 is 8.77. The summed E-state index contributed by atoms with van der Waals surface area (Å²) in [6, 6.07) is 4.51. The molecule has 0 aromatic carbocycles. The number of amides is 1. The van der Waals surface area contributed by atoms with Crippen molar-refractivity contribution in [3.05, 3.63) is 29.3 Å². The van der Waals surface area contributed by atoms with Crippen LogP contribution in [0.1, 0.15) is 57.2 Å². The van der Waals surface area contributed by atoms with Crippen molar-refractivity contribution < 1.29 is 6.17 Å². The van der Waals surface area contributed by atoms with Gasteiger partial charge in [-0.05, 0) is 51.7 Å². The molecular weight excluding hydrogens is 521 g/mol. The first-order chi connectivity index (χ1) is 14.0. The van der Waals surface area contributed by atoms with Gasteiger partial charge in [-0.25, -0.2) is 0 Å². The number of hydrogen-bond donors (Lipinski definition) is 0. The minimum atomic E-state index is 0.0203. The summed E-state index contributed by atoms with van der Waals surface area (Å²) >= 11 is 3.80. The third-order valence-corrected chi connectivity index (χ3v) is 9.44. The molecule has 2 fully saturated rings. The van der Waals surface area contributed by atoms with Crippen LogP contribution in [0.3, 0.4) is 0 Å². The van der Waals surface area contributed by atoms with E-state index in [1.54, 1.807) is 36.3 Å². The number of fused-ring (bicyclic) bond motifs is 1. The summed E-state index contributed by atoms with van der Waals surface area (Å²) in [5, 5.41) is 6.23. The molecule has 0 radical (unpaired) electrons. The van der Waals surface area contributed by atoms with Crippen LogP contribution in [0.25, 0.3) is 10.6 Å². The molecule has 1 aliphatic heterocycles. The van der Waals surface area contributed by atoms with Crippen LogP contribution in [0.2, 0.25) is 0 Å². The standard InChI is InChI=1S/C18H23N3OS.C2H5IS2/c1-20-16(8-9-19-20)17-11-14(12-23-17)18(22)21-10-4-6-13-5-2-3-7-15(13)21;1-2-4-5-3/h8-9,11-13,15H,2-7,10H2,1H3;2H2,1H3/i;2D. The molecule has 4 nitrogen and oxygen atoms in total. The van der Waals surface area contributed by atoms with Crippen LogP contribution in [0.4, 0.5) is 0 Å². The maximum Gasteiger partial charge on any atom is 0.254 e. The topological polar surface area (TPSA) is 38.1 Å². The van der Waals surface area contributed by atoms with E-state index in [1.807, 2.05) is 36.2 Å². The van der Waals surface area contributed by atoms with E-state index >= 15 is 0 Å². The number of thiophene rings is 1. The van der Waals surface area contributed by atoms with Crippen LogP contribution in [0, 0.1) is 5.92 Å².